The Balaban J connectivity index is 2.15. The van der Waals surface area contributed by atoms with E-state index in [4.69, 9.17) is 0 Å². The van der Waals surface area contributed by atoms with Crippen molar-refractivity contribution in [3.05, 3.63) is 30.0 Å². The number of para-hydroxylation sites is 1. The van der Waals surface area contributed by atoms with Gasteiger partial charge in [0.2, 0.25) is 0 Å². The molecule has 0 radical (unpaired) electrons. The molecular formula is C14H16N2O2. The Kier molecular flexibility index (Phi) is 2.09. The van der Waals surface area contributed by atoms with E-state index in [2.05, 4.69) is 5.10 Å². The van der Waals surface area contributed by atoms with Crippen molar-refractivity contribution in [2.45, 2.75) is 19.8 Å². The summed E-state index contributed by atoms with van der Waals surface area (Å²) in [5.74, 6) is -1.03. The molecule has 1 fully saturated rings. The normalized spacial score (nSPS) is 25.3. The van der Waals surface area contributed by atoms with E-state index in [0.29, 0.717) is 0 Å². The van der Waals surface area contributed by atoms with Gasteiger partial charge in [-0.15, -0.1) is 0 Å². The van der Waals surface area contributed by atoms with E-state index in [-0.39, 0.29) is 17.3 Å². The lowest BCUT2D eigenvalue weighted by molar-refractivity contribution is -0.139. The molecule has 2 atom stereocenters. The van der Waals surface area contributed by atoms with Gasteiger partial charge < -0.3 is 5.11 Å². The maximum absolute atomic E-state index is 11.3. The van der Waals surface area contributed by atoms with Crippen LogP contribution in [0.15, 0.2) is 24.3 Å². The van der Waals surface area contributed by atoms with Crippen LogP contribution in [0, 0.1) is 11.3 Å². The summed E-state index contributed by atoms with van der Waals surface area (Å²) >= 11 is 0. The Labute approximate surface area is 105 Å². The molecule has 18 heavy (non-hydrogen) atoms. The highest BCUT2D eigenvalue weighted by Gasteiger charge is 2.64. The zero-order valence-electron chi connectivity index (χ0n) is 10.7. The summed E-state index contributed by atoms with van der Waals surface area (Å²) in [5.41, 5.74) is 1.77. The van der Waals surface area contributed by atoms with E-state index in [0.717, 1.165) is 16.6 Å². The Morgan fingerprint density at radius 1 is 1.39 bits per heavy atom. The molecule has 94 valence electrons. The number of aryl methyl sites for hydroxylation is 1. The number of carboxylic acids is 1. The lowest BCUT2D eigenvalue weighted by Crippen LogP contribution is -2.03. The average molecular weight is 244 g/mol. The van der Waals surface area contributed by atoms with Gasteiger partial charge in [-0.3, -0.25) is 9.48 Å². The number of fused-ring (bicyclic) bond motifs is 1. The first-order valence-corrected chi connectivity index (χ1v) is 6.09. The van der Waals surface area contributed by atoms with E-state index < -0.39 is 5.97 Å². The van der Waals surface area contributed by atoms with E-state index in [1.807, 2.05) is 49.8 Å². The first-order chi connectivity index (χ1) is 8.44. The molecule has 1 aromatic heterocycles. The molecule has 2 aromatic rings. The Morgan fingerprint density at radius 2 is 2.06 bits per heavy atom. The molecule has 0 unspecified atom stereocenters. The number of hydrogen-bond acceptors (Lipinski definition) is 2. The van der Waals surface area contributed by atoms with Gasteiger partial charge in [-0.05, 0) is 11.5 Å². The van der Waals surface area contributed by atoms with Crippen molar-refractivity contribution in [1.82, 2.24) is 9.78 Å². The number of benzene rings is 1. The average Bonchev–Trinajstić information content (AvgIpc) is 2.73. The molecule has 0 saturated heterocycles. The van der Waals surface area contributed by atoms with Gasteiger partial charge in [0.15, 0.2) is 0 Å². The Bertz CT molecular complexity index is 642. The highest BCUT2D eigenvalue weighted by molar-refractivity contribution is 5.86. The second kappa shape index (κ2) is 3.34. The molecule has 1 heterocycles. The third kappa shape index (κ3) is 1.32. The third-order valence-electron chi connectivity index (χ3n) is 4.17. The molecule has 1 aliphatic rings. The zero-order chi connectivity index (χ0) is 13.1. The number of carboxylic acid groups (broad SMARTS) is 1. The van der Waals surface area contributed by atoms with Crippen LogP contribution >= 0.6 is 0 Å². The molecule has 1 N–H and O–H groups in total. The van der Waals surface area contributed by atoms with Crippen LogP contribution in [0.3, 0.4) is 0 Å². The molecule has 4 heteroatoms. The monoisotopic (exact) mass is 244 g/mol. The maximum Gasteiger partial charge on any atom is 0.307 e. The summed E-state index contributed by atoms with van der Waals surface area (Å²) in [5, 5.41) is 14.9. The van der Waals surface area contributed by atoms with E-state index in [9.17, 15) is 9.90 Å². The van der Waals surface area contributed by atoms with Crippen LogP contribution in [0.4, 0.5) is 0 Å². The largest absolute Gasteiger partial charge is 0.481 e. The SMILES string of the molecule is Cn1nc([C@H]2[C@H](C(=O)O)C2(C)C)c2ccccc21. The van der Waals surface area contributed by atoms with Crippen molar-refractivity contribution >= 4 is 16.9 Å². The van der Waals surface area contributed by atoms with Crippen LogP contribution in [0.25, 0.3) is 10.9 Å². The molecule has 1 aliphatic carbocycles. The summed E-state index contributed by atoms with van der Waals surface area (Å²) < 4.78 is 1.83. The minimum Gasteiger partial charge on any atom is -0.481 e. The van der Waals surface area contributed by atoms with E-state index in [1.165, 1.54) is 0 Å². The van der Waals surface area contributed by atoms with Crippen molar-refractivity contribution in [2.75, 3.05) is 0 Å². The Hall–Kier alpha value is -1.84. The topological polar surface area (TPSA) is 55.1 Å². The van der Waals surface area contributed by atoms with Crippen molar-refractivity contribution in [3.8, 4) is 0 Å². The highest BCUT2D eigenvalue weighted by Crippen LogP contribution is 2.64. The minimum atomic E-state index is -0.722. The first kappa shape index (κ1) is 11.3. The fourth-order valence-electron chi connectivity index (χ4n) is 3.08. The van der Waals surface area contributed by atoms with Crippen molar-refractivity contribution in [1.29, 1.82) is 0 Å². The van der Waals surface area contributed by atoms with Gasteiger partial charge in [-0.25, -0.2) is 0 Å². The number of carbonyl (C=O) groups is 1. The molecule has 0 aliphatic heterocycles. The fourth-order valence-corrected chi connectivity index (χ4v) is 3.08. The van der Waals surface area contributed by atoms with Crippen LogP contribution in [-0.2, 0) is 11.8 Å². The van der Waals surface area contributed by atoms with Crippen molar-refractivity contribution in [3.63, 3.8) is 0 Å². The minimum absolute atomic E-state index is 0.0149. The second-order valence-electron chi connectivity index (χ2n) is 5.64. The molecule has 0 bridgehead atoms. The predicted molar refractivity (Wildman–Crippen MR) is 68.4 cm³/mol. The quantitative estimate of drug-likeness (QED) is 0.882. The Morgan fingerprint density at radius 3 is 2.67 bits per heavy atom. The van der Waals surface area contributed by atoms with Gasteiger partial charge in [0.05, 0.1) is 17.1 Å². The van der Waals surface area contributed by atoms with Gasteiger partial charge in [0.25, 0.3) is 0 Å². The first-order valence-electron chi connectivity index (χ1n) is 6.09. The van der Waals surface area contributed by atoms with Gasteiger partial charge in [-0.1, -0.05) is 32.0 Å². The van der Waals surface area contributed by atoms with Crippen LogP contribution in [0.5, 0.6) is 0 Å². The lowest BCUT2D eigenvalue weighted by atomic mass is 10.1. The van der Waals surface area contributed by atoms with Crippen molar-refractivity contribution < 1.29 is 9.90 Å². The molecule has 0 spiro atoms. The zero-order valence-corrected chi connectivity index (χ0v) is 10.7. The highest BCUT2D eigenvalue weighted by atomic mass is 16.4. The van der Waals surface area contributed by atoms with Crippen LogP contribution in [-0.4, -0.2) is 20.9 Å². The fraction of sp³-hybridized carbons (Fsp3) is 0.429. The standard InChI is InChI=1S/C14H16N2O2/c1-14(2)10(11(14)13(17)18)12-8-6-4-5-7-9(8)16(3)15-12/h4-7,10-11H,1-3H3,(H,17,18)/t10-,11-/m1/s1. The number of aromatic nitrogens is 2. The number of rotatable bonds is 2. The summed E-state index contributed by atoms with van der Waals surface area (Å²) in [6.45, 7) is 4.00. The third-order valence-corrected chi connectivity index (χ3v) is 4.17. The summed E-state index contributed by atoms with van der Waals surface area (Å²) in [6, 6.07) is 7.97. The van der Waals surface area contributed by atoms with Gasteiger partial charge >= 0.3 is 5.97 Å². The van der Waals surface area contributed by atoms with Gasteiger partial charge in [0, 0.05) is 18.4 Å². The molecule has 1 aromatic carbocycles. The predicted octanol–water partition coefficient (Wildman–Crippen LogP) is 2.40. The van der Waals surface area contributed by atoms with Gasteiger partial charge in [-0.2, -0.15) is 5.10 Å². The molecule has 3 rings (SSSR count). The summed E-state index contributed by atoms with van der Waals surface area (Å²) in [6.07, 6.45) is 0. The van der Waals surface area contributed by atoms with Gasteiger partial charge in [0.1, 0.15) is 0 Å². The van der Waals surface area contributed by atoms with E-state index in [1.54, 1.807) is 0 Å². The smallest absolute Gasteiger partial charge is 0.307 e. The molecular weight excluding hydrogens is 228 g/mol. The lowest BCUT2D eigenvalue weighted by Gasteiger charge is -1.99. The van der Waals surface area contributed by atoms with Crippen molar-refractivity contribution in [2.24, 2.45) is 18.4 Å². The summed E-state index contributed by atoms with van der Waals surface area (Å²) in [7, 11) is 1.90. The second-order valence-corrected chi connectivity index (χ2v) is 5.64. The molecule has 0 amide bonds. The molecule has 1 saturated carbocycles. The van der Waals surface area contributed by atoms with Crippen LogP contribution in [0.2, 0.25) is 0 Å². The number of aliphatic carboxylic acids is 1. The van der Waals surface area contributed by atoms with Crippen LogP contribution < -0.4 is 0 Å². The number of hydrogen-bond donors (Lipinski definition) is 1. The number of nitrogens with zero attached hydrogens (tertiary/aromatic N) is 2. The maximum atomic E-state index is 11.3. The molecule has 4 nitrogen and oxygen atoms in total. The summed E-state index contributed by atoms with van der Waals surface area (Å²) in [4.78, 5) is 11.3. The van der Waals surface area contributed by atoms with Crippen LogP contribution in [0.1, 0.15) is 25.5 Å². The van der Waals surface area contributed by atoms with E-state index >= 15 is 0 Å².